The Labute approximate surface area is 129 Å². The molecule has 0 aromatic heterocycles. The van der Waals surface area contributed by atoms with E-state index in [0.717, 1.165) is 12.1 Å². The maximum absolute atomic E-state index is 13.1. The number of imide groups is 1. The van der Waals surface area contributed by atoms with Crippen LogP contribution in [0.5, 0.6) is 0 Å². The number of carbonyl (C=O) groups excluding carboxylic acids is 3. The number of carbonyl (C=O) groups is 3. The molecule has 1 heterocycles. The summed E-state index contributed by atoms with van der Waals surface area (Å²) in [6.45, 7) is 0. The highest BCUT2D eigenvalue weighted by Gasteiger charge is 2.38. The van der Waals surface area contributed by atoms with E-state index < -0.39 is 35.8 Å². The molecule has 0 spiro atoms. The second-order valence-electron chi connectivity index (χ2n) is 4.84. The van der Waals surface area contributed by atoms with E-state index in [1.54, 1.807) is 12.1 Å². The molecule has 0 atom stereocenters. The van der Waals surface area contributed by atoms with Crippen molar-refractivity contribution in [2.45, 2.75) is 6.42 Å². The van der Waals surface area contributed by atoms with E-state index in [4.69, 9.17) is 4.84 Å². The summed E-state index contributed by atoms with van der Waals surface area (Å²) in [7, 11) is 0. The molecule has 2 aromatic rings. The van der Waals surface area contributed by atoms with Crippen molar-refractivity contribution in [1.29, 1.82) is 0 Å². The van der Waals surface area contributed by atoms with Crippen molar-refractivity contribution >= 4 is 17.8 Å². The number of halogens is 2. The van der Waals surface area contributed by atoms with E-state index >= 15 is 0 Å². The van der Waals surface area contributed by atoms with Crippen LogP contribution in [-0.2, 0) is 16.1 Å². The van der Waals surface area contributed by atoms with Crippen LogP contribution in [0.2, 0.25) is 0 Å². The van der Waals surface area contributed by atoms with E-state index in [0.29, 0.717) is 5.06 Å². The Bertz CT molecular complexity index is 800. The third-order valence-electron chi connectivity index (χ3n) is 3.28. The van der Waals surface area contributed by atoms with Crippen molar-refractivity contribution in [3.05, 3.63) is 70.8 Å². The number of amides is 2. The highest BCUT2D eigenvalue weighted by Crippen LogP contribution is 2.23. The monoisotopic (exact) mass is 317 g/mol. The first-order valence-electron chi connectivity index (χ1n) is 6.60. The Morgan fingerprint density at radius 1 is 0.957 bits per heavy atom. The quantitative estimate of drug-likeness (QED) is 0.815. The minimum Gasteiger partial charge on any atom is -0.329 e. The summed E-state index contributed by atoms with van der Waals surface area (Å²) in [6.07, 6.45) is -0.412. The van der Waals surface area contributed by atoms with Gasteiger partial charge in [-0.3, -0.25) is 9.59 Å². The molecule has 116 valence electrons. The number of benzene rings is 2. The van der Waals surface area contributed by atoms with Gasteiger partial charge in [-0.1, -0.05) is 23.3 Å². The van der Waals surface area contributed by atoms with Gasteiger partial charge in [-0.2, -0.15) is 0 Å². The van der Waals surface area contributed by atoms with Crippen LogP contribution >= 0.6 is 0 Å². The molecule has 0 radical (unpaired) electrons. The molecule has 0 aliphatic carbocycles. The minimum absolute atomic E-state index is 0.137. The first-order valence-corrected chi connectivity index (χ1v) is 6.60. The summed E-state index contributed by atoms with van der Waals surface area (Å²) in [5.41, 5.74) is 0.432. The van der Waals surface area contributed by atoms with Gasteiger partial charge in [0.1, 0.15) is 0 Å². The molecule has 0 saturated heterocycles. The van der Waals surface area contributed by atoms with Crippen LogP contribution < -0.4 is 0 Å². The molecule has 0 unspecified atom stereocenters. The summed E-state index contributed by atoms with van der Waals surface area (Å²) in [4.78, 5) is 40.6. The van der Waals surface area contributed by atoms with Crippen LogP contribution in [-0.4, -0.2) is 22.8 Å². The van der Waals surface area contributed by atoms with Gasteiger partial charge in [0.05, 0.1) is 17.5 Å². The first kappa shape index (κ1) is 14.8. The number of rotatable bonds is 3. The molecular weight excluding hydrogens is 308 g/mol. The fourth-order valence-electron chi connectivity index (χ4n) is 2.20. The number of hydrogen-bond donors (Lipinski definition) is 0. The Morgan fingerprint density at radius 3 is 2.13 bits per heavy atom. The first-order chi connectivity index (χ1) is 11.0. The van der Waals surface area contributed by atoms with Crippen molar-refractivity contribution in [3.8, 4) is 0 Å². The standard InChI is InChI=1S/C16H9F2NO4/c17-12-6-5-9(7-13(12)18)8-14(20)23-19-15(21)10-3-1-2-4-11(10)16(19)22/h1-7H,8H2. The molecule has 0 N–H and O–H groups in total. The molecule has 2 aromatic carbocycles. The normalized spacial score (nSPS) is 13.2. The molecular formula is C16H9F2NO4. The lowest BCUT2D eigenvalue weighted by Crippen LogP contribution is -2.33. The van der Waals surface area contributed by atoms with Crippen LogP contribution in [0, 0.1) is 11.6 Å². The molecule has 0 fully saturated rings. The van der Waals surface area contributed by atoms with Gasteiger partial charge in [-0.05, 0) is 29.8 Å². The summed E-state index contributed by atoms with van der Waals surface area (Å²) < 4.78 is 25.9. The highest BCUT2D eigenvalue weighted by atomic mass is 19.2. The van der Waals surface area contributed by atoms with E-state index in [1.807, 2.05) is 0 Å². The van der Waals surface area contributed by atoms with Crippen molar-refractivity contribution in [2.75, 3.05) is 0 Å². The van der Waals surface area contributed by atoms with E-state index in [1.165, 1.54) is 18.2 Å². The average Bonchev–Trinajstić information content (AvgIpc) is 2.76. The fraction of sp³-hybridized carbons (Fsp3) is 0.0625. The summed E-state index contributed by atoms with van der Waals surface area (Å²) in [5, 5.41) is 0.368. The zero-order chi connectivity index (χ0) is 16.6. The molecule has 3 rings (SSSR count). The van der Waals surface area contributed by atoms with Crippen LogP contribution in [0.25, 0.3) is 0 Å². The van der Waals surface area contributed by atoms with Gasteiger partial charge in [0, 0.05) is 0 Å². The van der Waals surface area contributed by atoms with Crippen molar-refractivity contribution in [3.63, 3.8) is 0 Å². The molecule has 23 heavy (non-hydrogen) atoms. The third kappa shape index (κ3) is 2.68. The maximum Gasteiger partial charge on any atom is 0.337 e. The van der Waals surface area contributed by atoms with Crippen LogP contribution in [0.4, 0.5) is 8.78 Å². The Morgan fingerprint density at radius 2 is 1.57 bits per heavy atom. The number of hydroxylamine groups is 2. The molecule has 0 saturated carbocycles. The topological polar surface area (TPSA) is 63.7 Å². The van der Waals surface area contributed by atoms with Crippen molar-refractivity contribution in [2.24, 2.45) is 0 Å². The fourth-order valence-corrected chi connectivity index (χ4v) is 2.20. The van der Waals surface area contributed by atoms with Gasteiger partial charge in [0.25, 0.3) is 11.8 Å². The smallest absolute Gasteiger partial charge is 0.329 e. The highest BCUT2D eigenvalue weighted by molar-refractivity contribution is 6.20. The van der Waals surface area contributed by atoms with Gasteiger partial charge < -0.3 is 4.84 Å². The minimum atomic E-state index is -1.10. The van der Waals surface area contributed by atoms with E-state index in [2.05, 4.69) is 0 Å². The Hall–Kier alpha value is -3.09. The van der Waals surface area contributed by atoms with Crippen LogP contribution in [0.1, 0.15) is 26.3 Å². The van der Waals surface area contributed by atoms with Crippen LogP contribution in [0.3, 0.4) is 0 Å². The number of hydrogen-bond acceptors (Lipinski definition) is 4. The van der Waals surface area contributed by atoms with E-state index in [-0.39, 0.29) is 16.7 Å². The summed E-state index contributed by atoms with van der Waals surface area (Å²) in [5.74, 6) is -4.57. The zero-order valence-electron chi connectivity index (χ0n) is 11.6. The van der Waals surface area contributed by atoms with Gasteiger partial charge in [-0.15, -0.1) is 0 Å². The van der Waals surface area contributed by atoms with Gasteiger partial charge in [0.15, 0.2) is 11.6 Å². The molecule has 1 aliphatic rings. The second-order valence-corrected chi connectivity index (χ2v) is 4.84. The number of nitrogens with zero attached hydrogens (tertiary/aromatic N) is 1. The Kier molecular flexibility index (Phi) is 3.61. The average molecular weight is 317 g/mol. The lowest BCUT2D eigenvalue weighted by Gasteiger charge is -2.12. The predicted molar refractivity (Wildman–Crippen MR) is 73.1 cm³/mol. The second kappa shape index (κ2) is 5.60. The number of fused-ring (bicyclic) bond motifs is 1. The molecule has 5 nitrogen and oxygen atoms in total. The summed E-state index contributed by atoms with van der Waals surface area (Å²) >= 11 is 0. The maximum atomic E-state index is 13.1. The molecule has 0 bridgehead atoms. The largest absolute Gasteiger partial charge is 0.337 e. The van der Waals surface area contributed by atoms with Crippen molar-refractivity contribution < 1.29 is 28.0 Å². The SMILES string of the molecule is O=C(Cc1ccc(F)c(F)c1)ON1C(=O)c2ccccc2C1=O. The predicted octanol–water partition coefficient (Wildman–Crippen LogP) is 2.26. The third-order valence-corrected chi connectivity index (χ3v) is 3.28. The zero-order valence-corrected chi connectivity index (χ0v) is 11.6. The lowest BCUT2D eigenvalue weighted by atomic mass is 10.1. The van der Waals surface area contributed by atoms with Gasteiger partial charge >= 0.3 is 5.97 Å². The summed E-state index contributed by atoms with van der Waals surface area (Å²) in [6, 6.07) is 8.98. The van der Waals surface area contributed by atoms with E-state index in [9.17, 15) is 23.2 Å². The Balaban J connectivity index is 1.73. The lowest BCUT2D eigenvalue weighted by molar-refractivity contribution is -0.167. The van der Waals surface area contributed by atoms with Gasteiger partial charge in [-0.25, -0.2) is 13.6 Å². The van der Waals surface area contributed by atoms with Crippen LogP contribution in [0.15, 0.2) is 42.5 Å². The van der Waals surface area contributed by atoms with Crippen molar-refractivity contribution in [1.82, 2.24) is 5.06 Å². The molecule has 1 aliphatic heterocycles. The van der Waals surface area contributed by atoms with Gasteiger partial charge in [0.2, 0.25) is 0 Å². The molecule has 7 heteroatoms. The molecule has 2 amide bonds.